The van der Waals surface area contributed by atoms with Crippen LogP contribution < -0.4 is 0 Å². The average Bonchev–Trinajstić information content (AvgIpc) is 1.62. The highest BCUT2D eigenvalue weighted by atomic mass is 35.5. The summed E-state index contributed by atoms with van der Waals surface area (Å²) in [5, 5.41) is 0. The maximum atomic E-state index is 5.73. The molecule has 0 heterocycles. The third-order valence-corrected chi connectivity index (χ3v) is 4.71. The number of hydrogen-bond donors (Lipinski definition) is 0. The zero-order valence-electron chi connectivity index (χ0n) is 5.33. The second kappa shape index (κ2) is 2.90. The molecule has 0 bridgehead atoms. The summed E-state index contributed by atoms with van der Waals surface area (Å²) < 4.78 is 0.833. The minimum Gasteiger partial charge on any atom is -0.0933 e. The first kappa shape index (κ1) is 8.54. The molecule has 0 aliphatic carbocycles. The average molecular weight is 169 g/mol. The van der Waals surface area contributed by atoms with E-state index in [-0.39, 0.29) is 0 Å². The molecule has 0 amide bonds. The summed E-state index contributed by atoms with van der Waals surface area (Å²) in [7, 11) is -1.27. The predicted octanol–water partition coefficient (Wildman–Crippen LogP) is 3.18. The van der Waals surface area contributed by atoms with E-state index in [1.807, 2.05) is 0 Å². The minimum absolute atomic E-state index is 0.833. The molecular weight excluding hydrogens is 159 g/mol. The Morgan fingerprint density at radius 1 is 1.38 bits per heavy atom. The summed E-state index contributed by atoms with van der Waals surface area (Å²) in [5.41, 5.74) is 1.47. The van der Waals surface area contributed by atoms with Gasteiger partial charge in [-0.3, -0.25) is 0 Å². The van der Waals surface area contributed by atoms with E-state index >= 15 is 0 Å². The van der Waals surface area contributed by atoms with Gasteiger partial charge in [0.25, 0.3) is 0 Å². The first-order valence-corrected chi connectivity index (χ1v) is 6.76. The Hall–Kier alpha value is 0.537. The Morgan fingerprint density at radius 3 is 1.75 bits per heavy atom. The van der Waals surface area contributed by atoms with Crippen LogP contribution in [0.15, 0.2) is 10.2 Å². The van der Waals surface area contributed by atoms with Crippen LogP contribution in [-0.2, 0) is 0 Å². The summed E-state index contributed by atoms with van der Waals surface area (Å²) in [6, 6.07) is 0. The van der Waals surface area contributed by atoms with Gasteiger partial charge in [0.15, 0.2) is 0 Å². The third kappa shape index (κ3) is 2.75. The van der Waals surface area contributed by atoms with E-state index in [2.05, 4.69) is 19.6 Å². The van der Waals surface area contributed by atoms with Crippen molar-refractivity contribution in [2.24, 2.45) is 0 Å². The molecule has 3 heteroatoms. The molecule has 0 radical (unpaired) electrons. The lowest BCUT2D eigenvalue weighted by Gasteiger charge is -2.12. The normalized spacial score (nSPS) is 14.4. The van der Waals surface area contributed by atoms with Crippen LogP contribution in [0.2, 0.25) is 19.6 Å². The lowest BCUT2D eigenvalue weighted by atomic mass is 11.2. The third-order valence-electron chi connectivity index (χ3n) is 0.812. The van der Waals surface area contributed by atoms with Crippen LogP contribution in [0.1, 0.15) is 0 Å². The van der Waals surface area contributed by atoms with Crippen molar-refractivity contribution in [2.45, 2.75) is 19.6 Å². The zero-order valence-corrected chi connectivity index (χ0v) is 7.85. The standard InChI is InChI=1S/C5H10Cl2Si/c1-8(2,3)5(7)4-6/h4H,1-3H3/b5-4+. The van der Waals surface area contributed by atoms with Gasteiger partial charge >= 0.3 is 0 Å². The molecule has 0 atom stereocenters. The molecule has 48 valence electrons. The Kier molecular flexibility index (Phi) is 3.10. The molecule has 0 spiro atoms. The molecule has 0 N–H and O–H groups in total. The first-order chi connectivity index (χ1) is 3.48. The Morgan fingerprint density at radius 2 is 1.75 bits per heavy atom. The van der Waals surface area contributed by atoms with Crippen LogP contribution in [0.25, 0.3) is 0 Å². The lowest BCUT2D eigenvalue weighted by molar-refractivity contribution is 1.75. The van der Waals surface area contributed by atoms with Gasteiger partial charge in [-0.2, -0.15) is 0 Å². The summed E-state index contributed by atoms with van der Waals surface area (Å²) in [6.07, 6.45) is 0. The maximum Gasteiger partial charge on any atom is 0.0934 e. The monoisotopic (exact) mass is 168 g/mol. The largest absolute Gasteiger partial charge is 0.0934 e. The summed E-state index contributed by atoms with van der Waals surface area (Å²) >= 11 is 11.1. The van der Waals surface area contributed by atoms with E-state index in [0.29, 0.717) is 0 Å². The number of halogens is 2. The molecular formula is C5H10Cl2Si. The van der Waals surface area contributed by atoms with Gasteiger partial charge in [-0.1, -0.05) is 42.8 Å². The smallest absolute Gasteiger partial charge is 0.0933 e. The second-order valence-electron chi connectivity index (χ2n) is 2.71. The van der Waals surface area contributed by atoms with Gasteiger partial charge in [0, 0.05) is 10.2 Å². The van der Waals surface area contributed by atoms with Crippen LogP contribution in [0.3, 0.4) is 0 Å². The Labute approximate surface area is 61.5 Å². The molecule has 0 rings (SSSR count). The molecule has 0 aliphatic heterocycles. The first-order valence-electron chi connectivity index (χ1n) is 2.45. The van der Waals surface area contributed by atoms with Crippen molar-refractivity contribution in [2.75, 3.05) is 0 Å². The van der Waals surface area contributed by atoms with Gasteiger partial charge in [0.05, 0.1) is 8.07 Å². The van der Waals surface area contributed by atoms with Crippen molar-refractivity contribution in [1.82, 2.24) is 0 Å². The topological polar surface area (TPSA) is 0 Å². The summed E-state index contributed by atoms with van der Waals surface area (Å²) in [6.45, 7) is 6.44. The van der Waals surface area contributed by atoms with Gasteiger partial charge < -0.3 is 0 Å². The van der Waals surface area contributed by atoms with Crippen molar-refractivity contribution >= 4 is 31.3 Å². The van der Waals surface area contributed by atoms with Crippen molar-refractivity contribution in [3.05, 3.63) is 10.2 Å². The Bertz CT molecular complexity index is 101. The molecule has 0 fully saturated rings. The molecule has 0 aliphatic rings. The van der Waals surface area contributed by atoms with Crippen LogP contribution in [-0.4, -0.2) is 8.07 Å². The predicted molar refractivity (Wildman–Crippen MR) is 43.1 cm³/mol. The SMILES string of the molecule is C[Si](C)(C)/C(Cl)=C/Cl. The van der Waals surface area contributed by atoms with Gasteiger partial charge in [0.2, 0.25) is 0 Å². The van der Waals surface area contributed by atoms with Gasteiger partial charge in [-0.05, 0) is 0 Å². The fourth-order valence-electron chi connectivity index (χ4n) is 0.164. The summed E-state index contributed by atoms with van der Waals surface area (Å²) in [5.74, 6) is 0. The van der Waals surface area contributed by atoms with Crippen LogP contribution >= 0.6 is 23.2 Å². The molecule has 0 saturated heterocycles. The highest BCUT2D eigenvalue weighted by molar-refractivity contribution is 6.91. The van der Waals surface area contributed by atoms with Crippen molar-refractivity contribution in [3.8, 4) is 0 Å². The van der Waals surface area contributed by atoms with Crippen LogP contribution in [0.4, 0.5) is 0 Å². The summed E-state index contributed by atoms with van der Waals surface area (Å²) in [4.78, 5) is 0. The van der Waals surface area contributed by atoms with Crippen molar-refractivity contribution in [3.63, 3.8) is 0 Å². The van der Waals surface area contributed by atoms with E-state index < -0.39 is 8.07 Å². The van der Waals surface area contributed by atoms with Gasteiger partial charge in [-0.15, -0.1) is 0 Å². The fraction of sp³-hybridized carbons (Fsp3) is 0.600. The van der Waals surface area contributed by atoms with Gasteiger partial charge in [0.1, 0.15) is 0 Å². The Balaban J connectivity index is 4.03. The fourth-order valence-corrected chi connectivity index (χ4v) is 1.47. The van der Waals surface area contributed by atoms with Crippen LogP contribution in [0, 0.1) is 0 Å². The van der Waals surface area contributed by atoms with Crippen molar-refractivity contribution < 1.29 is 0 Å². The van der Waals surface area contributed by atoms with E-state index in [1.54, 1.807) is 0 Å². The van der Waals surface area contributed by atoms with E-state index in [1.165, 1.54) is 5.54 Å². The highest BCUT2D eigenvalue weighted by Gasteiger charge is 2.16. The van der Waals surface area contributed by atoms with E-state index in [9.17, 15) is 0 Å². The molecule has 0 aromatic carbocycles. The molecule has 0 aromatic rings. The van der Waals surface area contributed by atoms with E-state index in [0.717, 1.165) is 4.66 Å². The number of rotatable bonds is 1. The quantitative estimate of drug-likeness (QED) is 0.529. The van der Waals surface area contributed by atoms with E-state index in [4.69, 9.17) is 23.2 Å². The van der Waals surface area contributed by atoms with Crippen LogP contribution in [0.5, 0.6) is 0 Å². The molecule has 0 unspecified atom stereocenters. The lowest BCUT2D eigenvalue weighted by Crippen LogP contribution is -2.19. The zero-order chi connectivity index (χ0) is 6.78. The minimum atomic E-state index is -1.27. The van der Waals surface area contributed by atoms with Crippen molar-refractivity contribution in [1.29, 1.82) is 0 Å². The molecule has 8 heavy (non-hydrogen) atoms. The molecule has 0 saturated carbocycles. The molecule has 0 nitrogen and oxygen atoms in total. The molecule has 0 aromatic heterocycles. The maximum absolute atomic E-state index is 5.73. The van der Waals surface area contributed by atoms with Gasteiger partial charge in [-0.25, -0.2) is 0 Å². The second-order valence-corrected chi connectivity index (χ2v) is 8.69. The highest BCUT2D eigenvalue weighted by Crippen LogP contribution is 2.18. The number of hydrogen-bond acceptors (Lipinski definition) is 0.